The second kappa shape index (κ2) is 5.65. The molecule has 2 heteroatoms. The van der Waals surface area contributed by atoms with Gasteiger partial charge in [0.25, 0.3) is 0 Å². The van der Waals surface area contributed by atoms with Gasteiger partial charge in [0.05, 0.1) is 0 Å². The van der Waals surface area contributed by atoms with Crippen LogP contribution >= 0.6 is 11.6 Å². The minimum Gasteiger partial charge on any atom is -0.295 e. The van der Waals surface area contributed by atoms with E-state index in [0.29, 0.717) is 0 Å². The molecule has 0 heterocycles. The van der Waals surface area contributed by atoms with Crippen molar-refractivity contribution in [1.82, 2.24) is 0 Å². The van der Waals surface area contributed by atoms with Gasteiger partial charge in [0.2, 0.25) is 0 Å². The summed E-state index contributed by atoms with van der Waals surface area (Å²) in [5, 5.41) is 0.734. The van der Waals surface area contributed by atoms with Gasteiger partial charge >= 0.3 is 0 Å². The molecular formula is C16H13ClO. The molecule has 2 rings (SSSR count). The van der Waals surface area contributed by atoms with Crippen molar-refractivity contribution in [1.29, 1.82) is 0 Å². The molecule has 0 atom stereocenters. The number of rotatable bonds is 3. The molecule has 0 saturated heterocycles. The van der Waals surface area contributed by atoms with E-state index in [-0.39, 0.29) is 5.78 Å². The predicted molar refractivity (Wildman–Crippen MR) is 76.8 cm³/mol. The second-order valence-electron chi connectivity index (χ2n) is 4.06. The molecule has 0 spiro atoms. The van der Waals surface area contributed by atoms with E-state index in [1.807, 2.05) is 60.7 Å². The highest BCUT2D eigenvalue weighted by Crippen LogP contribution is 2.13. The molecular weight excluding hydrogens is 244 g/mol. The highest BCUT2D eigenvalue weighted by molar-refractivity contribution is 6.30. The smallest absolute Gasteiger partial charge is 0.159 e. The van der Waals surface area contributed by atoms with Gasteiger partial charge in [0.1, 0.15) is 0 Å². The molecule has 18 heavy (non-hydrogen) atoms. The Morgan fingerprint density at radius 1 is 0.889 bits per heavy atom. The topological polar surface area (TPSA) is 17.1 Å². The summed E-state index contributed by atoms with van der Waals surface area (Å²) in [6, 6.07) is 15.2. The van der Waals surface area contributed by atoms with Crippen molar-refractivity contribution >= 4 is 29.5 Å². The molecule has 0 amide bonds. The quantitative estimate of drug-likeness (QED) is 0.574. The fourth-order valence-electron chi connectivity index (χ4n) is 1.60. The van der Waals surface area contributed by atoms with Crippen molar-refractivity contribution in [2.75, 3.05) is 0 Å². The number of hydrogen-bond donors (Lipinski definition) is 0. The Labute approximate surface area is 112 Å². The molecule has 0 radical (unpaired) electrons. The molecule has 2 aromatic carbocycles. The van der Waals surface area contributed by atoms with E-state index < -0.39 is 0 Å². The Kier molecular flexibility index (Phi) is 3.96. The third-order valence-electron chi connectivity index (χ3n) is 2.66. The van der Waals surface area contributed by atoms with E-state index >= 15 is 0 Å². The number of carbonyl (C=O) groups excluding carboxylic acids is 1. The van der Waals surface area contributed by atoms with Crippen LogP contribution < -0.4 is 0 Å². The van der Waals surface area contributed by atoms with Crippen molar-refractivity contribution < 1.29 is 4.79 Å². The van der Waals surface area contributed by atoms with Gasteiger partial charge in [-0.1, -0.05) is 60.2 Å². The van der Waals surface area contributed by atoms with E-state index in [1.54, 1.807) is 6.92 Å². The van der Waals surface area contributed by atoms with Gasteiger partial charge in [0, 0.05) is 10.6 Å². The zero-order valence-electron chi connectivity index (χ0n) is 10.1. The van der Waals surface area contributed by atoms with Crippen LogP contribution in [0.25, 0.3) is 12.2 Å². The molecule has 0 unspecified atom stereocenters. The normalized spacial score (nSPS) is 10.8. The average molecular weight is 257 g/mol. The van der Waals surface area contributed by atoms with E-state index in [2.05, 4.69) is 0 Å². The summed E-state index contributed by atoms with van der Waals surface area (Å²) in [5.41, 5.74) is 2.89. The first-order valence-electron chi connectivity index (χ1n) is 5.70. The standard InChI is InChI=1S/C16H13ClO/c1-12(18)15-8-4-13(5-9-15)2-3-14-6-10-16(17)11-7-14/h2-11H,1H3. The first-order valence-corrected chi connectivity index (χ1v) is 6.07. The van der Waals surface area contributed by atoms with Crippen molar-refractivity contribution in [3.8, 4) is 0 Å². The Morgan fingerprint density at radius 3 is 1.78 bits per heavy atom. The van der Waals surface area contributed by atoms with Gasteiger partial charge in [0.15, 0.2) is 5.78 Å². The van der Waals surface area contributed by atoms with Crippen LogP contribution in [0.15, 0.2) is 48.5 Å². The van der Waals surface area contributed by atoms with Crippen LogP contribution in [0.3, 0.4) is 0 Å². The summed E-state index contributed by atoms with van der Waals surface area (Å²) in [4.78, 5) is 11.1. The highest BCUT2D eigenvalue weighted by atomic mass is 35.5. The number of ketones is 1. The van der Waals surface area contributed by atoms with Gasteiger partial charge in [-0.3, -0.25) is 4.79 Å². The van der Waals surface area contributed by atoms with Crippen LogP contribution in [0.2, 0.25) is 5.02 Å². The van der Waals surface area contributed by atoms with Crippen LogP contribution in [-0.2, 0) is 0 Å². The van der Waals surface area contributed by atoms with Gasteiger partial charge in [-0.05, 0) is 30.2 Å². The lowest BCUT2D eigenvalue weighted by atomic mass is 10.1. The zero-order chi connectivity index (χ0) is 13.0. The van der Waals surface area contributed by atoms with E-state index in [0.717, 1.165) is 21.7 Å². The fourth-order valence-corrected chi connectivity index (χ4v) is 1.72. The van der Waals surface area contributed by atoms with Gasteiger partial charge in [-0.25, -0.2) is 0 Å². The number of Topliss-reactive ketones (excluding diaryl/α,β-unsaturated/α-hetero) is 1. The van der Waals surface area contributed by atoms with E-state index in [9.17, 15) is 4.79 Å². The van der Waals surface area contributed by atoms with Crippen molar-refractivity contribution in [2.45, 2.75) is 6.92 Å². The molecule has 0 aliphatic carbocycles. The first kappa shape index (κ1) is 12.6. The Bertz CT molecular complexity index is 565. The van der Waals surface area contributed by atoms with Crippen LogP contribution in [-0.4, -0.2) is 5.78 Å². The fraction of sp³-hybridized carbons (Fsp3) is 0.0625. The van der Waals surface area contributed by atoms with Gasteiger partial charge < -0.3 is 0 Å². The number of halogens is 1. The molecule has 0 N–H and O–H groups in total. The Hall–Kier alpha value is -1.86. The zero-order valence-corrected chi connectivity index (χ0v) is 10.8. The number of carbonyl (C=O) groups is 1. The third-order valence-corrected chi connectivity index (χ3v) is 2.91. The molecule has 90 valence electrons. The molecule has 0 aliphatic rings. The maximum Gasteiger partial charge on any atom is 0.159 e. The van der Waals surface area contributed by atoms with Crippen LogP contribution in [0.1, 0.15) is 28.4 Å². The SMILES string of the molecule is CC(=O)c1ccc(C=Cc2ccc(Cl)cc2)cc1. The summed E-state index contributed by atoms with van der Waals surface area (Å²) < 4.78 is 0. The van der Waals surface area contributed by atoms with Gasteiger partial charge in [-0.2, -0.15) is 0 Å². The average Bonchev–Trinajstić information content (AvgIpc) is 2.38. The minimum absolute atomic E-state index is 0.0863. The Balaban J connectivity index is 2.13. The summed E-state index contributed by atoms with van der Waals surface area (Å²) in [6.45, 7) is 1.57. The van der Waals surface area contributed by atoms with Crippen molar-refractivity contribution in [3.63, 3.8) is 0 Å². The summed E-state index contributed by atoms with van der Waals surface area (Å²) in [5.74, 6) is 0.0863. The van der Waals surface area contributed by atoms with Gasteiger partial charge in [-0.15, -0.1) is 0 Å². The van der Waals surface area contributed by atoms with E-state index in [4.69, 9.17) is 11.6 Å². The maximum atomic E-state index is 11.1. The highest BCUT2D eigenvalue weighted by Gasteiger charge is 1.96. The molecule has 0 bridgehead atoms. The van der Waals surface area contributed by atoms with Crippen LogP contribution in [0, 0.1) is 0 Å². The van der Waals surface area contributed by atoms with Crippen molar-refractivity contribution in [3.05, 3.63) is 70.2 Å². The van der Waals surface area contributed by atoms with Crippen molar-refractivity contribution in [2.24, 2.45) is 0 Å². The molecule has 0 aromatic heterocycles. The maximum absolute atomic E-state index is 11.1. The number of hydrogen-bond acceptors (Lipinski definition) is 1. The third kappa shape index (κ3) is 3.31. The molecule has 1 nitrogen and oxygen atoms in total. The summed E-state index contributed by atoms with van der Waals surface area (Å²) in [6.07, 6.45) is 4.02. The van der Waals surface area contributed by atoms with E-state index in [1.165, 1.54) is 0 Å². The lowest BCUT2D eigenvalue weighted by Gasteiger charge is -1.97. The largest absolute Gasteiger partial charge is 0.295 e. The Morgan fingerprint density at radius 2 is 1.33 bits per heavy atom. The molecule has 0 aliphatic heterocycles. The number of benzene rings is 2. The van der Waals surface area contributed by atoms with Crippen LogP contribution in [0.4, 0.5) is 0 Å². The lowest BCUT2D eigenvalue weighted by Crippen LogP contribution is -1.90. The first-order chi connectivity index (χ1) is 8.65. The van der Waals surface area contributed by atoms with Crippen LogP contribution in [0.5, 0.6) is 0 Å². The summed E-state index contributed by atoms with van der Waals surface area (Å²) >= 11 is 5.82. The second-order valence-corrected chi connectivity index (χ2v) is 4.50. The monoisotopic (exact) mass is 256 g/mol. The summed E-state index contributed by atoms with van der Waals surface area (Å²) in [7, 11) is 0. The minimum atomic E-state index is 0.0863. The molecule has 0 saturated carbocycles. The molecule has 2 aromatic rings. The predicted octanol–water partition coefficient (Wildman–Crippen LogP) is 4.71. The lowest BCUT2D eigenvalue weighted by molar-refractivity contribution is 0.101. The molecule has 0 fully saturated rings.